The topological polar surface area (TPSA) is 58.2 Å². The van der Waals surface area contributed by atoms with Crippen molar-refractivity contribution in [3.63, 3.8) is 0 Å². The van der Waals surface area contributed by atoms with E-state index in [4.69, 9.17) is 4.74 Å². The molecule has 1 aliphatic heterocycles. The molecule has 1 N–H and O–H groups in total. The summed E-state index contributed by atoms with van der Waals surface area (Å²) in [6.45, 7) is 9.40. The number of carbonyl (C=O) groups is 1. The fourth-order valence-corrected chi connectivity index (χ4v) is 2.57. The maximum absolute atomic E-state index is 12.4. The smallest absolute Gasteiger partial charge is 0.227 e. The third kappa shape index (κ3) is 3.15. The summed E-state index contributed by atoms with van der Waals surface area (Å²) in [6, 6.07) is 0. The summed E-state index contributed by atoms with van der Waals surface area (Å²) < 4.78 is 5.79. The van der Waals surface area contributed by atoms with Crippen molar-refractivity contribution < 1.29 is 9.53 Å². The zero-order valence-corrected chi connectivity index (χ0v) is 12.2. The molecule has 1 amide bonds. The van der Waals surface area contributed by atoms with Crippen molar-refractivity contribution in [1.82, 2.24) is 15.1 Å². The number of amides is 1. The quantitative estimate of drug-likeness (QED) is 0.903. The molecule has 2 atom stereocenters. The Morgan fingerprint density at radius 3 is 2.79 bits per heavy atom. The summed E-state index contributed by atoms with van der Waals surface area (Å²) in [5.41, 5.74) is 2.93. The van der Waals surface area contributed by atoms with Crippen molar-refractivity contribution in [2.24, 2.45) is 0 Å². The lowest BCUT2D eigenvalue weighted by Gasteiger charge is -2.36. The summed E-state index contributed by atoms with van der Waals surface area (Å²) in [7, 11) is 0. The molecular weight excluding hydrogens is 242 g/mol. The number of carbonyl (C=O) groups excluding carboxylic acids is 1. The summed E-state index contributed by atoms with van der Waals surface area (Å²) >= 11 is 0. The Labute approximate surface area is 114 Å². The standard InChI is InChI=1S/C14H23N3O2/c1-5-12-8-17(7-9(2)19-12)14(18)6-13-10(3)15-16-11(13)4/h9,12H,5-8H2,1-4H3,(H,15,16). The first-order valence-electron chi connectivity index (χ1n) is 6.95. The molecule has 0 spiro atoms. The molecule has 1 aromatic heterocycles. The highest BCUT2D eigenvalue weighted by Gasteiger charge is 2.27. The minimum atomic E-state index is 0.120. The Morgan fingerprint density at radius 2 is 2.21 bits per heavy atom. The van der Waals surface area contributed by atoms with Crippen LogP contribution in [0.1, 0.15) is 37.2 Å². The molecule has 2 unspecified atom stereocenters. The van der Waals surface area contributed by atoms with Gasteiger partial charge in [-0.1, -0.05) is 6.92 Å². The first-order valence-corrected chi connectivity index (χ1v) is 6.95. The van der Waals surface area contributed by atoms with Crippen LogP contribution >= 0.6 is 0 Å². The SMILES string of the molecule is CCC1CN(C(=O)Cc2c(C)n[nH]c2C)CC(C)O1. The molecule has 2 heterocycles. The van der Waals surface area contributed by atoms with Gasteiger partial charge in [0.15, 0.2) is 0 Å². The number of rotatable bonds is 3. The average Bonchev–Trinajstić information content (AvgIpc) is 2.69. The fourth-order valence-electron chi connectivity index (χ4n) is 2.57. The van der Waals surface area contributed by atoms with E-state index in [0.29, 0.717) is 19.5 Å². The first kappa shape index (κ1) is 14.1. The van der Waals surface area contributed by atoms with Gasteiger partial charge in [-0.3, -0.25) is 9.89 Å². The lowest BCUT2D eigenvalue weighted by atomic mass is 10.1. The molecule has 0 aromatic carbocycles. The molecular formula is C14H23N3O2. The van der Waals surface area contributed by atoms with Crippen LogP contribution in [0, 0.1) is 13.8 Å². The van der Waals surface area contributed by atoms with Gasteiger partial charge >= 0.3 is 0 Å². The Morgan fingerprint density at radius 1 is 1.47 bits per heavy atom. The largest absolute Gasteiger partial charge is 0.372 e. The van der Waals surface area contributed by atoms with E-state index in [1.165, 1.54) is 0 Å². The van der Waals surface area contributed by atoms with Crippen LogP contribution in [0.4, 0.5) is 0 Å². The van der Waals surface area contributed by atoms with Crippen LogP contribution in [0.15, 0.2) is 0 Å². The van der Waals surface area contributed by atoms with Crippen molar-refractivity contribution in [2.75, 3.05) is 13.1 Å². The van der Waals surface area contributed by atoms with Crippen LogP contribution in [0.3, 0.4) is 0 Å². The van der Waals surface area contributed by atoms with Gasteiger partial charge in [-0.2, -0.15) is 5.10 Å². The molecule has 0 aliphatic carbocycles. The molecule has 106 valence electrons. The molecule has 0 radical (unpaired) electrons. The van der Waals surface area contributed by atoms with Gasteiger partial charge in [0.2, 0.25) is 5.91 Å². The van der Waals surface area contributed by atoms with Crippen LogP contribution in [0.2, 0.25) is 0 Å². The highest BCUT2D eigenvalue weighted by Crippen LogP contribution is 2.17. The van der Waals surface area contributed by atoms with Crippen LogP contribution in [-0.4, -0.2) is 46.3 Å². The number of aromatic amines is 1. The van der Waals surface area contributed by atoms with E-state index in [1.807, 2.05) is 25.7 Å². The van der Waals surface area contributed by atoms with E-state index >= 15 is 0 Å². The van der Waals surface area contributed by atoms with Gasteiger partial charge in [0, 0.05) is 24.3 Å². The van der Waals surface area contributed by atoms with E-state index in [9.17, 15) is 4.79 Å². The molecule has 2 rings (SSSR count). The number of hydrogen-bond acceptors (Lipinski definition) is 3. The normalized spacial score (nSPS) is 23.7. The van der Waals surface area contributed by atoms with Gasteiger partial charge < -0.3 is 9.64 Å². The number of aromatic nitrogens is 2. The first-order chi connectivity index (χ1) is 9.01. The van der Waals surface area contributed by atoms with Crippen molar-refractivity contribution in [2.45, 2.75) is 52.7 Å². The number of nitrogens with zero attached hydrogens (tertiary/aromatic N) is 2. The monoisotopic (exact) mass is 265 g/mol. The lowest BCUT2D eigenvalue weighted by Crippen LogP contribution is -2.49. The molecule has 1 aromatic rings. The highest BCUT2D eigenvalue weighted by atomic mass is 16.5. The zero-order chi connectivity index (χ0) is 14.0. The third-order valence-electron chi connectivity index (χ3n) is 3.74. The fraction of sp³-hybridized carbons (Fsp3) is 0.714. The van der Waals surface area contributed by atoms with Gasteiger partial charge in [-0.25, -0.2) is 0 Å². The van der Waals surface area contributed by atoms with E-state index in [0.717, 1.165) is 23.4 Å². The van der Waals surface area contributed by atoms with Crippen LogP contribution in [-0.2, 0) is 16.0 Å². The molecule has 1 aliphatic rings. The maximum Gasteiger partial charge on any atom is 0.227 e. The summed E-state index contributed by atoms with van der Waals surface area (Å²) in [4.78, 5) is 14.3. The number of aryl methyl sites for hydroxylation is 2. The van der Waals surface area contributed by atoms with E-state index < -0.39 is 0 Å². The number of H-pyrrole nitrogens is 1. The summed E-state index contributed by atoms with van der Waals surface area (Å²) in [5, 5.41) is 7.07. The van der Waals surface area contributed by atoms with Crippen molar-refractivity contribution >= 4 is 5.91 Å². The van der Waals surface area contributed by atoms with Gasteiger partial charge in [0.25, 0.3) is 0 Å². The highest BCUT2D eigenvalue weighted by molar-refractivity contribution is 5.79. The predicted molar refractivity (Wildman–Crippen MR) is 73.0 cm³/mol. The van der Waals surface area contributed by atoms with Gasteiger partial charge in [0.1, 0.15) is 0 Å². The van der Waals surface area contributed by atoms with E-state index in [1.54, 1.807) is 0 Å². The lowest BCUT2D eigenvalue weighted by molar-refractivity contribution is -0.143. The number of nitrogens with one attached hydrogen (secondary N) is 1. The zero-order valence-electron chi connectivity index (χ0n) is 12.2. The second kappa shape index (κ2) is 5.74. The minimum absolute atomic E-state index is 0.120. The number of ether oxygens (including phenoxy) is 1. The van der Waals surface area contributed by atoms with Crippen molar-refractivity contribution in [1.29, 1.82) is 0 Å². The minimum Gasteiger partial charge on any atom is -0.372 e. The molecule has 0 saturated carbocycles. The van der Waals surface area contributed by atoms with Crippen LogP contribution in [0.25, 0.3) is 0 Å². The predicted octanol–water partition coefficient (Wildman–Crippen LogP) is 1.59. The van der Waals surface area contributed by atoms with E-state index in [-0.39, 0.29) is 18.1 Å². The Hall–Kier alpha value is -1.36. The van der Waals surface area contributed by atoms with Gasteiger partial charge in [-0.05, 0) is 27.2 Å². The summed E-state index contributed by atoms with van der Waals surface area (Å²) in [5.74, 6) is 0.168. The van der Waals surface area contributed by atoms with Crippen LogP contribution < -0.4 is 0 Å². The van der Waals surface area contributed by atoms with Crippen molar-refractivity contribution in [3.05, 3.63) is 17.0 Å². The average molecular weight is 265 g/mol. The van der Waals surface area contributed by atoms with Crippen LogP contribution in [0.5, 0.6) is 0 Å². The van der Waals surface area contributed by atoms with Crippen molar-refractivity contribution in [3.8, 4) is 0 Å². The van der Waals surface area contributed by atoms with Gasteiger partial charge in [-0.15, -0.1) is 0 Å². The maximum atomic E-state index is 12.4. The molecule has 1 fully saturated rings. The second-order valence-corrected chi connectivity index (χ2v) is 5.37. The second-order valence-electron chi connectivity index (χ2n) is 5.37. The molecule has 19 heavy (non-hydrogen) atoms. The molecule has 1 saturated heterocycles. The summed E-state index contributed by atoms with van der Waals surface area (Å²) in [6.07, 6.45) is 1.66. The Balaban J connectivity index is 2.03. The molecule has 5 nitrogen and oxygen atoms in total. The van der Waals surface area contributed by atoms with E-state index in [2.05, 4.69) is 17.1 Å². The molecule has 5 heteroatoms. The third-order valence-corrected chi connectivity index (χ3v) is 3.74. The Bertz CT molecular complexity index is 436. The molecule has 0 bridgehead atoms. The number of morpholine rings is 1. The Kier molecular flexibility index (Phi) is 4.24. The number of hydrogen-bond donors (Lipinski definition) is 1. The van der Waals surface area contributed by atoms with Gasteiger partial charge in [0.05, 0.1) is 24.3 Å².